The summed E-state index contributed by atoms with van der Waals surface area (Å²) in [6.07, 6.45) is 0. The van der Waals surface area contributed by atoms with E-state index in [1.54, 1.807) is 0 Å². The third-order valence-corrected chi connectivity index (χ3v) is 4.99. The first-order chi connectivity index (χ1) is 10.00. The maximum atomic E-state index is 11.5. The van der Waals surface area contributed by atoms with E-state index >= 15 is 0 Å². The third kappa shape index (κ3) is 5.52. The van der Waals surface area contributed by atoms with Crippen molar-refractivity contribution in [2.24, 2.45) is 0 Å². The van der Waals surface area contributed by atoms with Gasteiger partial charge in [0.1, 0.15) is 9.79 Å². The van der Waals surface area contributed by atoms with E-state index in [0.717, 1.165) is 12.1 Å². The molecule has 0 aliphatic carbocycles. The van der Waals surface area contributed by atoms with Gasteiger partial charge in [-0.25, -0.2) is 0 Å². The van der Waals surface area contributed by atoms with Crippen molar-refractivity contribution >= 4 is 43.4 Å². The average molecular weight is 399 g/mol. The molecule has 0 heterocycles. The first-order valence-electron chi connectivity index (χ1n) is 5.54. The van der Waals surface area contributed by atoms with Crippen molar-refractivity contribution in [3.8, 4) is 11.1 Å². The van der Waals surface area contributed by atoms with Gasteiger partial charge in [0, 0.05) is 21.2 Å². The smallest absolute Gasteiger partial charge is 1.00 e. The van der Waals surface area contributed by atoms with Crippen LogP contribution in [0.2, 0.25) is 10.0 Å². The maximum Gasteiger partial charge on any atom is 1.00 e. The molecule has 6 nitrogen and oxygen atoms in total. The Kier molecular flexibility index (Phi) is 8.63. The molecule has 122 valence electrons. The van der Waals surface area contributed by atoms with Crippen molar-refractivity contribution in [1.29, 1.82) is 0 Å². The summed E-state index contributed by atoms with van der Waals surface area (Å²) in [5.74, 6) is 0. The second kappa shape index (κ2) is 8.61. The first-order valence-corrected chi connectivity index (χ1v) is 9.18. The topological polar surface area (TPSA) is 109 Å². The zero-order valence-corrected chi connectivity index (χ0v) is 15.7. The molecule has 0 unspecified atom stereocenters. The molecule has 0 radical (unpaired) electrons. The van der Waals surface area contributed by atoms with Gasteiger partial charge in [-0.3, -0.25) is 9.11 Å². The number of hydrogen-bond acceptors (Lipinski definition) is 4. The molecule has 24 heavy (non-hydrogen) atoms. The largest absolute Gasteiger partial charge is 1.00 e. The SMILES string of the molecule is O=S(=O)(O)c1cc(Cl)ccc1-c1ccc(Cl)cc1S(=O)(=O)O.[H-].[H-].[Li+].[Li+]. The molecule has 0 aliphatic rings. The predicted octanol–water partition coefficient (Wildman–Crippen LogP) is -2.61. The molecule has 0 saturated heterocycles. The monoisotopic (exact) mass is 398 g/mol. The summed E-state index contributed by atoms with van der Waals surface area (Å²) in [5, 5.41) is 0.0532. The van der Waals surface area contributed by atoms with E-state index in [0.29, 0.717) is 0 Å². The van der Waals surface area contributed by atoms with Crippen LogP contribution < -0.4 is 37.7 Å². The molecule has 2 aromatic rings. The van der Waals surface area contributed by atoms with Gasteiger partial charge in [0.15, 0.2) is 0 Å². The van der Waals surface area contributed by atoms with Gasteiger partial charge in [-0.15, -0.1) is 0 Å². The summed E-state index contributed by atoms with van der Waals surface area (Å²) in [4.78, 5) is -1.18. The van der Waals surface area contributed by atoms with Crippen LogP contribution in [0.3, 0.4) is 0 Å². The number of benzene rings is 2. The van der Waals surface area contributed by atoms with Crippen LogP contribution in [0.1, 0.15) is 2.85 Å². The fourth-order valence-corrected chi connectivity index (χ4v) is 3.80. The van der Waals surface area contributed by atoms with E-state index in [2.05, 4.69) is 0 Å². The first kappa shape index (κ1) is 24.0. The van der Waals surface area contributed by atoms with Crippen molar-refractivity contribution in [3.05, 3.63) is 46.4 Å². The van der Waals surface area contributed by atoms with Crippen LogP contribution in [-0.2, 0) is 20.2 Å². The van der Waals surface area contributed by atoms with Crippen LogP contribution in [0.25, 0.3) is 11.1 Å². The molecular formula is C12H10Cl2Li2O6S2. The maximum absolute atomic E-state index is 11.5. The van der Waals surface area contributed by atoms with E-state index in [-0.39, 0.29) is 61.7 Å². The fourth-order valence-electron chi connectivity index (χ4n) is 1.86. The standard InChI is InChI=1S/C12H8Cl2O6S2.2Li.2H/c13-7-1-3-9(11(5-7)21(15,16)17)10-4-2-8(14)6-12(10)22(18,19)20;;;;/h1-6H,(H,15,16,17)(H,18,19,20);;;;/q;2*+1;2*-1. The van der Waals surface area contributed by atoms with Gasteiger partial charge in [-0.1, -0.05) is 35.3 Å². The van der Waals surface area contributed by atoms with Crippen molar-refractivity contribution < 1.29 is 66.5 Å². The van der Waals surface area contributed by atoms with Crippen LogP contribution >= 0.6 is 23.2 Å². The molecule has 0 aliphatic heterocycles. The van der Waals surface area contributed by atoms with Crippen LogP contribution in [0, 0.1) is 0 Å². The van der Waals surface area contributed by atoms with E-state index in [4.69, 9.17) is 23.2 Å². The zero-order chi connectivity index (χ0) is 16.7. The molecule has 0 spiro atoms. The minimum absolute atomic E-state index is 0. The van der Waals surface area contributed by atoms with Gasteiger partial charge in [0.25, 0.3) is 20.2 Å². The Balaban J connectivity index is -0.00000132. The van der Waals surface area contributed by atoms with Crippen LogP contribution in [0.15, 0.2) is 46.2 Å². The normalized spacial score (nSPS) is 11.3. The van der Waals surface area contributed by atoms with Gasteiger partial charge < -0.3 is 2.85 Å². The summed E-state index contributed by atoms with van der Waals surface area (Å²) >= 11 is 11.4. The summed E-state index contributed by atoms with van der Waals surface area (Å²) in [6, 6.07) is 6.98. The fraction of sp³-hybridized carbons (Fsp3) is 0. The van der Waals surface area contributed by atoms with Crippen LogP contribution in [0.5, 0.6) is 0 Å². The molecule has 2 aromatic carbocycles. The number of hydrogen-bond donors (Lipinski definition) is 2. The minimum Gasteiger partial charge on any atom is -1.00 e. The van der Waals surface area contributed by atoms with Crippen LogP contribution in [-0.4, -0.2) is 25.9 Å². The molecule has 12 heteroatoms. The zero-order valence-electron chi connectivity index (χ0n) is 14.6. The summed E-state index contributed by atoms with van der Waals surface area (Å²) in [7, 11) is -9.34. The average Bonchev–Trinajstić information content (AvgIpc) is 2.37. The van der Waals surface area contributed by atoms with E-state index in [1.165, 1.54) is 24.3 Å². The molecule has 0 fully saturated rings. The summed E-state index contributed by atoms with van der Waals surface area (Å²) in [6.45, 7) is 0. The summed E-state index contributed by atoms with van der Waals surface area (Å²) in [5.41, 5.74) is -0.285. The van der Waals surface area contributed by atoms with Gasteiger partial charge in [0.2, 0.25) is 0 Å². The molecule has 0 amide bonds. The third-order valence-electron chi connectivity index (χ3n) is 2.73. The minimum atomic E-state index is -4.67. The molecule has 2 N–H and O–H groups in total. The molecule has 2 rings (SSSR count). The van der Waals surface area contributed by atoms with Crippen molar-refractivity contribution in [2.75, 3.05) is 0 Å². The number of rotatable bonds is 3. The Morgan fingerprint density at radius 3 is 1.25 bits per heavy atom. The van der Waals surface area contributed by atoms with E-state index in [9.17, 15) is 25.9 Å². The quantitative estimate of drug-likeness (QED) is 0.433. The summed E-state index contributed by atoms with van der Waals surface area (Å²) < 4.78 is 64.4. The van der Waals surface area contributed by atoms with Gasteiger partial charge in [-0.05, 0) is 24.3 Å². The second-order valence-electron chi connectivity index (χ2n) is 4.23. The van der Waals surface area contributed by atoms with Gasteiger partial charge >= 0.3 is 37.7 Å². The molecule has 0 saturated carbocycles. The Labute approximate surface area is 176 Å². The van der Waals surface area contributed by atoms with Gasteiger partial charge in [0.05, 0.1) is 0 Å². The Morgan fingerprint density at radius 1 is 0.708 bits per heavy atom. The second-order valence-corrected chi connectivity index (χ2v) is 7.88. The van der Waals surface area contributed by atoms with Crippen molar-refractivity contribution in [3.63, 3.8) is 0 Å². The van der Waals surface area contributed by atoms with E-state index in [1.807, 2.05) is 0 Å². The van der Waals surface area contributed by atoms with Crippen LogP contribution in [0.4, 0.5) is 0 Å². The van der Waals surface area contributed by atoms with Crippen molar-refractivity contribution in [1.82, 2.24) is 0 Å². The molecule has 0 atom stereocenters. The Hall–Kier alpha value is 0.0348. The Morgan fingerprint density at radius 2 is 1.00 bits per heavy atom. The molecule has 0 bridgehead atoms. The molecular weight excluding hydrogens is 389 g/mol. The van der Waals surface area contributed by atoms with Crippen molar-refractivity contribution in [2.45, 2.75) is 9.79 Å². The van der Waals surface area contributed by atoms with Gasteiger partial charge in [-0.2, -0.15) is 16.8 Å². The van der Waals surface area contributed by atoms with E-state index < -0.39 is 30.0 Å². The number of halogens is 2. The predicted molar refractivity (Wildman–Crippen MR) is 83.8 cm³/mol. The molecule has 0 aromatic heterocycles. The Bertz CT molecular complexity index is 892.